The second-order valence-electron chi connectivity index (χ2n) is 18.8. The van der Waals surface area contributed by atoms with E-state index in [4.69, 9.17) is 19.7 Å². The summed E-state index contributed by atoms with van der Waals surface area (Å²) in [6.45, 7) is 8.38. The van der Waals surface area contributed by atoms with Crippen LogP contribution in [-0.2, 0) is 20.5 Å². The van der Waals surface area contributed by atoms with E-state index in [2.05, 4.69) is 49.8 Å². The number of amides is 4. The molecule has 3 saturated heterocycles. The zero-order valence-corrected chi connectivity index (χ0v) is 39.7. The van der Waals surface area contributed by atoms with Gasteiger partial charge in [-0.15, -0.1) is 0 Å². The van der Waals surface area contributed by atoms with Crippen LogP contribution in [0.5, 0.6) is 0 Å². The van der Waals surface area contributed by atoms with Crippen molar-refractivity contribution in [3.63, 3.8) is 0 Å². The fourth-order valence-electron chi connectivity index (χ4n) is 10.3. The molecule has 6 atom stereocenters. The lowest BCUT2D eigenvalue weighted by atomic mass is 10.0. The highest BCUT2D eigenvalue weighted by molar-refractivity contribution is 7.18. The van der Waals surface area contributed by atoms with Crippen LogP contribution in [0.4, 0.5) is 27.8 Å². The number of fused-ring (bicyclic) bond motifs is 2. The molecular formula is C49H55F3N10O6S. The number of benzene rings is 3. The standard InChI is InChI=1S/C49H55F3N10O6S/c1-25(2)40(58-47(65)66)45(63)60-20-6-8-37(60)42-54-31-16-12-28(22-33(31)56-42)35-18-19-36(62(35)39-24-53-44(69-39)27-10-14-30(15-11-27)49(50,51)52)29-13-17-32-34(23-29)57-43(55-32)38-9-7-21-61(38)46(64)41(26(3)4)59-48(67)68-5/h10-17,22-26,35-38,40-41,58H,6-9,18-21H2,1-5H3,(H,54,56)(H,55,57)(H,59,67)(H,65,66). The van der Waals surface area contributed by atoms with Crippen LogP contribution in [0.3, 0.4) is 0 Å². The molecule has 5 N–H and O–H groups in total. The van der Waals surface area contributed by atoms with Crippen molar-refractivity contribution in [1.29, 1.82) is 0 Å². The molecule has 6 heterocycles. The van der Waals surface area contributed by atoms with E-state index in [9.17, 15) is 37.5 Å². The number of carbonyl (C=O) groups excluding carboxylic acids is 3. The number of H-pyrrole nitrogens is 2. The van der Waals surface area contributed by atoms with Crippen LogP contribution in [0.2, 0.25) is 0 Å². The summed E-state index contributed by atoms with van der Waals surface area (Å²) < 4.78 is 45.3. The van der Waals surface area contributed by atoms with Gasteiger partial charge in [-0.25, -0.2) is 24.5 Å². The molecule has 3 aliphatic heterocycles. The SMILES string of the molecule is COC(=O)NC(C(=O)N1CCCC1c1nc2ccc(C3CCC(c4ccc5nc(C6CCCN6C(=O)C(NC(=O)O)C(C)C)[nH]c5c4)N3c3cnc(-c4ccc(C(F)(F)F)cc4)s3)cc2[nH]1)C(C)C. The van der Waals surface area contributed by atoms with Crippen molar-refractivity contribution in [1.82, 2.24) is 45.4 Å². The van der Waals surface area contributed by atoms with Crippen molar-refractivity contribution in [2.24, 2.45) is 11.8 Å². The van der Waals surface area contributed by atoms with Gasteiger partial charge in [0.1, 0.15) is 33.7 Å². The minimum absolute atomic E-state index is 0.146. The molecule has 364 valence electrons. The number of anilines is 1. The second-order valence-corrected chi connectivity index (χ2v) is 19.8. The Labute approximate surface area is 400 Å². The van der Waals surface area contributed by atoms with Crippen molar-refractivity contribution in [2.75, 3.05) is 25.1 Å². The van der Waals surface area contributed by atoms with Gasteiger partial charge in [0.25, 0.3) is 0 Å². The van der Waals surface area contributed by atoms with Crippen LogP contribution >= 0.6 is 11.3 Å². The summed E-state index contributed by atoms with van der Waals surface area (Å²) >= 11 is 1.41. The van der Waals surface area contributed by atoms with Gasteiger partial charge in [0, 0.05) is 18.7 Å². The van der Waals surface area contributed by atoms with Crippen LogP contribution in [0, 0.1) is 11.8 Å². The van der Waals surface area contributed by atoms with Crippen molar-refractivity contribution >= 4 is 62.4 Å². The lowest BCUT2D eigenvalue weighted by Crippen LogP contribution is -2.51. The van der Waals surface area contributed by atoms with Crippen LogP contribution < -0.4 is 15.5 Å². The van der Waals surface area contributed by atoms with Crippen LogP contribution in [-0.4, -0.2) is 96.1 Å². The average Bonchev–Trinajstić information content (AvgIpc) is 4.18. The Hall–Kier alpha value is -6.70. The van der Waals surface area contributed by atoms with E-state index in [0.29, 0.717) is 48.2 Å². The number of aromatic nitrogens is 5. The van der Waals surface area contributed by atoms with Gasteiger partial charge in [-0.3, -0.25) is 9.59 Å². The third-order valence-electron chi connectivity index (χ3n) is 13.7. The van der Waals surface area contributed by atoms with Crippen LogP contribution in [0.15, 0.2) is 66.9 Å². The zero-order chi connectivity index (χ0) is 48.9. The molecule has 3 aromatic carbocycles. The first-order chi connectivity index (χ1) is 33.0. The Morgan fingerprint density at radius 3 is 1.71 bits per heavy atom. The Morgan fingerprint density at radius 2 is 1.25 bits per heavy atom. The van der Waals surface area contributed by atoms with Crippen molar-refractivity contribution in [2.45, 2.75) is 109 Å². The first kappa shape index (κ1) is 47.4. The number of alkyl halides is 3. The van der Waals surface area contributed by atoms with E-state index in [-0.39, 0.29) is 47.8 Å². The minimum Gasteiger partial charge on any atom is -0.465 e. The number of imidazole rings is 2. The first-order valence-corrected chi connectivity index (χ1v) is 24.2. The number of carbonyl (C=O) groups is 4. The third-order valence-corrected chi connectivity index (χ3v) is 14.8. The van der Waals surface area contributed by atoms with Gasteiger partial charge in [-0.2, -0.15) is 13.2 Å². The molecule has 69 heavy (non-hydrogen) atoms. The van der Waals surface area contributed by atoms with Gasteiger partial charge in [0.2, 0.25) is 11.8 Å². The predicted octanol–water partition coefficient (Wildman–Crippen LogP) is 9.66. The molecule has 6 aromatic rings. The Bertz CT molecular complexity index is 2880. The Kier molecular flexibility index (Phi) is 13.0. The number of nitrogens with one attached hydrogen (secondary N) is 4. The molecule has 20 heteroatoms. The lowest BCUT2D eigenvalue weighted by Gasteiger charge is -2.31. The molecule has 9 rings (SSSR count). The first-order valence-electron chi connectivity index (χ1n) is 23.3. The number of thiazole rings is 1. The average molecular weight is 969 g/mol. The minimum atomic E-state index is -4.46. The van der Waals surface area contributed by atoms with E-state index < -0.39 is 36.0 Å². The summed E-state index contributed by atoms with van der Waals surface area (Å²) in [6.07, 6.45) is -0.194. The monoisotopic (exact) mass is 968 g/mol. The van der Waals surface area contributed by atoms with Gasteiger partial charge >= 0.3 is 18.4 Å². The normalized spacial score (nSPS) is 20.6. The van der Waals surface area contributed by atoms with E-state index in [1.54, 1.807) is 16.0 Å². The number of halogens is 3. The quantitative estimate of drug-likeness (QED) is 0.0786. The fourth-order valence-corrected chi connectivity index (χ4v) is 11.3. The Morgan fingerprint density at radius 1 is 0.739 bits per heavy atom. The molecule has 0 spiro atoms. The largest absolute Gasteiger partial charge is 0.465 e. The van der Waals surface area contributed by atoms with Gasteiger partial charge < -0.3 is 45.1 Å². The maximum atomic E-state index is 13.9. The number of aromatic amines is 2. The Balaban J connectivity index is 1.03. The highest BCUT2D eigenvalue weighted by Crippen LogP contribution is 2.50. The molecule has 16 nitrogen and oxygen atoms in total. The molecule has 4 amide bonds. The molecule has 3 aromatic heterocycles. The summed E-state index contributed by atoms with van der Waals surface area (Å²) in [5, 5.41) is 16.0. The van der Waals surface area contributed by atoms with Gasteiger partial charge in [0.05, 0.1) is 65.1 Å². The maximum absolute atomic E-state index is 13.9. The predicted molar refractivity (Wildman–Crippen MR) is 253 cm³/mol. The second kappa shape index (κ2) is 19.0. The molecule has 0 radical (unpaired) electrons. The lowest BCUT2D eigenvalue weighted by molar-refractivity contribution is -0.138. The summed E-state index contributed by atoms with van der Waals surface area (Å²) in [4.78, 5) is 78.9. The number of hydrogen-bond acceptors (Lipinski definition) is 10. The topological polar surface area (TPSA) is 202 Å². The van der Waals surface area contributed by atoms with Gasteiger partial charge in [-0.05, 0) is 97.9 Å². The smallest absolute Gasteiger partial charge is 0.416 e. The number of nitrogens with zero attached hydrogens (tertiary/aromatic N) is 6. The van der Waals surface area contributed by atoms with E-state index in [0.717, 1.165) is 76.0 Å². The molecule has 0 aliphatic carbocycles. The van der Waals surface area contributed by atoms with E-state index >= 15 is 0 Å². The summed E-state index contributed by atoms with van der Waals surface area (Å²) in [7, 11) is 1.27. The molecule has 0 bridgehead atoms. The number of carboxylic acid groups (broad SMARTS) is 1. The summed E-state index contributed by atoms with van der Waals surface area (Å²) in [5.74, 6) is 0.382. The molecular weight excluding hydrogens is 914 g/mol. The van der Waals surface area contributed by atoms with Gasteiger partial charge in [-0.1, -0.05) is 63.3 Å². The third kappa shape index (κ3) is 9.42. The molecule has 3 fully saturated rings. The number of rotatable bonds is 12. The van der Waals surface area contributed by atoms with Crippen LogP contribution in [0.1, 0.15) is 119 Å². The van der Waals surface area contributed by atoms with Crippen molar-refractivity contribution in [3.05, 3.63) is 95.2 Å². The maximum Gasteiger partial charge on any atom is 0.416 e. The number of methoxy groups -OCH3 is 1. The highest BCUT2D eigenvalue weighted by Gasteiger charge is 2.41. The number of hydrogen-bond donors (Lipinski definition) is 5. The number of ether oxygens (including phenoxy) is 1. The fraction of sp³-hybridized carbons (Fsp3) is 0.449. The van der Waals surface area contributed by atoms with Crippen molar-refractivity contribution in [3.8, 4) is 10.6 Å². The van der Waals surface area contributed by atoms with Crippen molar-refractivity contribution < 1.29 is 42.2 Å². The van der Waals surface area contributed by atoms with Gasteiger partial charge in [0.15, 0.2) is 0 Å². The summed E-state index contributed by atoms with van der Waals surface area (Å²) in [6, 6.07) is 14.6. The number of likely N-dealkylation sites (tertiary alicyclic amines) is 2. The molecule has 0 saturated carbocycles. The van der Waals surface area contributed by atoms with E-state index in [1.165, 1.54) is 30.6 Å². The molecule has 6 unspecified atom stereocenters. The highest BCUT2D eigenvalue weighted by atomic mass is 32.1. The molecule has 3 aliphatic rings. The zero-order valence-electron chi connectivity index (χ0n) is 38.8. The summed E-state index contributed by atoms with van der Waals surface area (Å²) in [5.41, 5.74) is 4.91. The van der Waals surface area contributed by atoms with Crippen LogP contribution in [0.25, 0.3) is 32.6 Å². The number of alkyl carbamates (subject to hydrolysis) is 1. The van der Waals surface area contributed by atoms with E-state index in [1.807, 2.05) is 39.8 Å².